The second-order valence-corrected chi connectivity index (χ2v) is 5.89. The van der Waals surface area contributed by atoms with E-state index in [1.807, 2.05) is 0 Å². The number of nitro benzene ring substituents is 1. The predicted molar refractivity (Wildman–Crippen MR) is 93.1 cm³/mol. The third kappa shape index (κ3) is 3.78. The van der Waals surface area contributed by atoms with Gasteiger partial charge < -0.3 is 10.1 Å². The molecule has 0 fully saturated rings. The van der Waals surface area contributed by atoms with Gasteiger partial charge in [0.25, 0.3) is 5.69 Å². The van der Waals surface area contributed by atoms with E-state index in [-0.39, 0.29) is 5.69 Å². The van der Waals surface area contributed by atoms with Crippen LogP contribution in [0.25, 0.3) is 10.6 Å². The lowest BCUT2D eigenvalue weighted by atomic mass is 10.2. The normalized spacial score (nSPS) is 10.3. The smallest absolute Gasteiger partial charge is 0.337 e. The number of hydrogen-bond acceptors (Lipinski definition) is 8. The fourth-order valence-corrected chi connectivity index (χ4v) is 2.87. The summed E-state index contributed by atoms with van der Waals surface area (Å²) >= 11 is 1.25. The lowest BCUT2D eigenvalue weighted by molar-refractivity contribution is -0.384. The van der Waals surface area contributed by atoms with E-state index in [0.29, 0.717) is 27.0 Å². The Kier molecular flexibility index (Phi) is 4.66. The minimum atomic E-state index is -0.456. The highest BCUT2D eigenvalue weighted by molar-refractivity contribution is 7.18. The lowest BCUT2D eigenvalue weighted by Gasteiger charge is -2.04. The van der Waals surface area contributed by atoms with Crippen LogP contribution in [0.4, 0.5) is 16.5 Å². The number of carbonyl (C=O) groups is 1. The number of nitrogens with one attached hydrogen (secondary N) is 1. The summed E-state index contributed by atoms with van der Waals surface area (Å²) < 4.78 is 4.69. The lowest BCUT2D eigenvalue weighted by Crippen LogP contribution is -2.01. The molecule has 0 saturated carbocycles. The number of nitrogens with zero attached hydrogens (tertiary/aromatic N) is 3. The number of anilines is 2. The molecule has 0 saturated heterocycles. The van der Waals surface area contributed by atoms with Crippen LogP contribution in [-0.2, 0) is 4.74 Å². The number of non-ortho nitro benzene ring substituents is 1. The molecule has 0 aliphatic rings. The molecule has 126 valence electrons. The largest absolute Gasteiger partial charge is 0.465 e. The van der Waals surface area contributed by atoms with E-state index < -0.39 is 10.9 Å². The topological polar surface area (TPSA) is 107 Å². The van der Waals surface area contributed by atoms with Crippen molar-refractivity contribution in [2.45, 2.75) is 0 Å². The van der Waals surface area contributed by atoms with Gasteiger partial charge in [0, 0.05) is 23.4 Å². The van der Waals surface area contributed by atoms with Crippen molar-refractivity contribution in [1.29, 1.82) is 0 Å². The number of methoxy groups -OCH3 is 1. The summed E-state index contributed by atoms with van der Waals surface area (Å²) in [6.07, 6.45) is 0. The molecule has 0 radical (unpaired) electrons. The average Bonchev–Trinajstić information content (AvgIpc) is 3.10. The first kappa shape index (κ1) is 16.5. The zero-order chi connectivity index (χ0) is 17.8. The maximum Gasteiger partial charge on any atom is 0.337 e. The minimum Gasteiger partial charge on any atom is -0.465 e. The molecule has 25 heavy (non-hydrogen) atoms. The Morgan fingerprint density at radius 3 is 2.76 bits per heavy atom. The predicted octanol–water partition coefficient (Wildman–Crippen LogP) is 3.64. The van der Waals surface area contributed by atoms with Crippen LogP contribution in [0.3, 0.4) is 0 Å². The fourth-order valence-electron chi connectivity index (χ4n) is 2.11. The quantitative estimate of drug-likeness (QED) is 0.422. The molecule has 1 N–H and O–H groups in total. The molecule has 0 bridgehead atoms. The molecule has 0 amide bonds. The molecule has 9 heteroatoms. The Morgan fingerprint density at radius 1 is 1.20 bits per heavy atom. The van der Waals surface area contributed by atoms with Gasteiger partial charge in [0.2, 0.25) is 5.13 Å². The number of ether oxygens (including phenoxy) is 1. The SMILES string of the molecule is COC(=O)c1cccc(Nc2nnc(-c3cccc([N+](=O)[O-])c3)s2)c1. The van der Waals surface area contributed by atoms with Crippen molar-refractivity contribution in [3.63, 3.8) is 0 Å². The third-order valence-corrected chi connectivity index (χ3v) is 4.15. The maximum absolute atomic E-state index is 11.6. The van der Waals surface area contributed by atoms with Crippen molar-refractivity contribution in [3.05, 3.63) is 64.2 Å². The molecule has 0 aliphatic heterocycles. The van der Waals surface area contributed by atoms with Gasteiger partial charge in [-0.3, -0.25) is 10.1 Å². The van der Waals surface area contributed by atoms with Crippen molar-refractivity contribution in [2.24, 2.45) is 0 Å². The van der Waals surface area contributed by atoms with Crippen LogP contribution in [0.1, 0.15) is 10.4 Å². The van der Waals surface area contributed by atoms with Gasteiger partial charge in [0.15, 0.2) is 0 Å². The number of benzene rings is 2. The van der Waals surface area contributed by atoms with Gasteiger partial charge in [-0.15, -0.1) is 10.2 Å². The Balaban J connectivity index is 1.82. The van der Waals surface area contributed by atoms with E-state index in [2.05, 4.69) is 20.3 Å². The molecule has 3 rings (SSSR count). The van der Waals surface area contributed by atoms with Crippen molar-refractivity contribution in [2.75, 3.05) is 12.4 Å². The minimum absolute atomic E-state index is 0.00649. The van der Waals surface area contributed by atoms with Crippen LogP contribution in [-0.4, -0.2) is 28.2 Å². The van der Waals surface area contributed by atoms with Gasteiger partial charge in [-0.1, -0.05) is 29.5 Å². The molecule has 1 heterocycles. The van der Waals surface area contributed by atoms with Crippen molar-refractivity contribution < 1.29 is 14.5 Å². The number of aromatic nitrogens is 2. The van der Waals surface area contributed by atoms with Gasteiger partial charge >= 0.3 is 5.97 Å². The Labute approximate surface area is 146 Å². The molecule has 0 unspecified atom stereocenters. The van der Waals surface area contributed by atoms with Crippen LogP contribution in [0, 0.1) is 10.1 Å². The second-order valence-electron chi connectivity index (χ2n) is 4.92. The summed E-state index contributed by atoms with van der Waals surface area (Å²) in [5.41, 5.74) is 1.68. The zero-order valence-electron chi connectivity index (χ0n) is 13.0. The number of nitro groups is 1. The maximum atomic E-state index is 11.6. The summed E-state index contributed by atoms with van der Waals surface area (Å²) in [4.78, 5) is 22.0. The highest BCUT2D eigenvalue weighted by Gasteiger charge is 2.12. The first-order chi connectivity index (χ1) is 12.1. The molecule has 1 aromatic heterocycles. The Hall–Kier alpha value is -3.33. The van der Waals surface area contributed by atoms with Gasteiger partial charge in [-0.2, -0.15) is 0 Å². The Bertz CT molecular complexity index is 941. The van der Waals surface area contributed by atoms with E-state index in [4.69, 9.17) is 0 Å². The van der Waals surface area contributed by atoms with E-state index in [9.17, 15) is 14.9 Å². The summed E-state index contributed by atoms with van der Waals surface area (Å²) in [5, 5.41) is 23.1. The van der Waals surface area contributed by atoms with Crippen LogP contribution in [0.15, 0.2) is 48.5 Å². The molecule has 2 aromatic carbocycles. The van der Waals surface area contributed by atoms with E-state index in [1.54, 1.807) is 36.4 Å². The average molecular weight is 356 g/mol. The first-order valence-electron chi connectivity index (χ1n) is 7.10. The van der Waals surface area contributed by atoms with E-state index in [1.165, 1.54) is 30.6 Å². The summed E-state index contributed by atoms with van der Waals surface area (Å²) in [6.45, 7) is 0. The number of rotatable bonds is 5. The third-order valence-electron chi connectivity index (χ3n) is 3.26. The number of hydrogen-bond donors (Lipinski definition) is 1. The van der Waals surface area contributed by atoms with Crippen LogP contribution in [0.5, 0.6) is 0 Å². The van der Waals surface area contributed by atoms with Gasteiger partial charge in [0.1, 0.15) is 5.01 Å². The highest BCUT2D eigenvalue weighted by Crippen LogP contribution is 2.30. The van der Waals surface area contributed by atoms with Gasteiger partial charge in [-0.05, 0) is 18.2 Å². The van der Waals surface area contributed by atoms with Crippen LogP contribution in [0.2, 0.25) is 0 Å². The number of esters is 1. The molecule has 3 aromatic rings. The van der Waals surface area contributed by atoms with Crippen LogP contribution < -0.4 is 5.32 Å². The van der Waals surface area contributed by atoms with Gasteiger partial charge in [0.05, 0.1) is 17.6 Å². The molecular weight excluding hydrogens is 344 g/mol. The van der Waals surface area contributed by atoms with Crippen molar-refractivity contribution in [3.8, 4) is 10.6 Å². The first-order valence-corrected chi connectivity index (χ1v) is 7.92. The van der Waals surface area contributed by atoms with E-state index in [0.717, 1.165) is 0 Å². The number of carbonyl (C=O) groups excluding carboxylic acids is 1. The standard InChI is InChI=1S/C16H12N4O4S/c1-24-15(21)11-5-2-6-12(8-11)17-16-19-18-14(25-16)10-4-3-7-13(9-10)20(22)23/h2-9H,1H3,(H,17,19). The summed E-state index contributed by atoms with van der Waals surface area (Å²) in [6, 6.07) is 13.0. The van der Waals surface area contributed by atoms with Gasteiger partial charge in [-0.25, -0.2) is 4.79 Å². The van der Waals surface area contributed by atoms with E-state index >= 15 is 0 Å². The fraction of sp³-hybridized carbons (Fsp3) is 0.0625. The molecular formula is C16H12N4O4S. The zero-order valence-corrected chi connectivity index (χ0v) is 13.8. The molecule has 0 spiro atoms. The van der Waals surface area contributed by atoms with Crippen molar-refractivity contribution in [1.82, 2.24) is 10.2 Å². The highest BCUT2D eigenvalue weighted by atomic mass is 32.1. The molecule has 8 nitrogen and oxygen atoms in total. The monoisotopic (exact) mass is 356 g/mol. The second kappa shape index (κ2) is 7.05. The molecule has 0 aliphatic carbocycles. The van der Waals surface area contributed by atoms with Crippen LogP contribution >= 0.6 is 11.3 Å². The molecule has 0 atom stereocenters. The summed E-state index contributed by atoms with van der Waals surface area (Å²) in [5.74, 6) is -0.432. The summed E-state index contributed by atoms with van der Waals surface area (Å²) in [7, 11) is 1.32. The Morgan fingerprint density at radius 2 is 2.00 bits per heavy atom. The van der Waals surface area contributed by atoms with Crippen molar-refractivity contribution >= 4 is 33.8 Å².